The molecule has 1 rings (SSSR count). The van der Waals surface area contributed by atoms with Crippen LogP contribution in [0, 0.1) is 6.92 Å². The van der Waals surface area contributed by atoms with Gasteiger partial charge in [0.05, 0.1) is 0 Å². The Morgan fingerprint density at radius 3 is 2.47 bits per heavy atom. The van der Waals surface area contributed by atoms with Gasteiger partial charge in [0, 0.05) is 22.6 Å². The molecule has 0 unspecified atom stereocenters. The van der Waals surface area contributed by atoms with Gasteiger partial charge in [-0.1, -0.05) is 22.9 Å². The van der Waals surface area contributed by atoms with Crippen LogP contribution in [0.5, 0.6) is 0 Å². The van der Waals surface area contributed by atoms with Gasteiger partial charge in [0.25, 0.3) is 5.91 Å². The minimum atomic E-state index is -0.113. The summed E-state index contributed by atoms with van der Waals surface area (Å²) in [6.07, 6.45) is 0.935. The first-order chi connectivity index (χ1) is 7.79. The minimum Gasteiger partial charge on any atom is -0.337 e. The molecule has 0 heterocycles. The van der Waals surface area contributed by atoms with E-state index in [4.69, 9.17) is 0 Å². The van der Waals surface area contributed by atoms with E-state index >= 15 is 0 Å². The molecule has 3 heteroatoms. The van der Waals surface area contributed by atoms with Crippen LogP contribution in [0.1, 0.15) is 43.1 Å². The number of aryl methyl sites for hydroxylation is 1. The smallest absolute Gasteiger partial charge is 0.254 e. The van der Waals surface area contributed by atoms with Gasteiger partial charge in [0.15, 0.2) is 0 Å². The number of nitrogens with zero attached hydrogens (tertiary/aromatic N) is 1. The summed E-state index contributed by atoms with van der Waals surface area (Å²) < 4.78 is 1.03. The number of rotatable bonds is 3. The summed E-state index contributed by atoms with van der Waals surface area (Å²) >= 11 is 3.44. The summed E-state index contributed by atoms with van der Waals surface area (Å²) in [5, 5.41) is 0. The third kappa shape index (κ3) is 3.09. The fourth-order valence-corrected chi connectivity index (χ4v) is 1.73. The maximum absolute atomic E-state index is 12.3. The van der Waals surface area contributed by atoms with Crippen LogP contribution < -0.4 is 0 Å². The van der Waals surface area contributed by atoms with Crippen molar-refractivity contribution in [1.82, 2.24) is 4.90 Å². The highest BCUT2D eigenvalue weighted by Gasteiger charge is 2.26. The lowest BCUT2D eigenvalue weighted by Crippen LogP contribution is -2.44. The monoisotopic (exact) mass is 297 g/mol. The van der Waals surface area contributed by atoms with Crippen molar-refractivity contribution in [2.24, 2.45) is 0 Å². The predicted octanol–water partition coefficient (Wildman–Crippen LogP) is 4.02. The molecule has 0 atom stereocenters. The van der Waals surface area contributed by atoms with Crippen LogP contribution >= 0.6 is 15.9 Å². The molecule has 1 amide bonds. The fraction of sp³-hybridized carbons (Fsp3) is 0.500. The second-order valence-corrected chi connectivity index (χ2v) is 5.85. The lowest BCUT2D eigenvalue weighted by atomic mass is 9.98. The number of halogens is 1. The van der Waals surface area contributed by atoms with Crippen molar-refractivity contribution in [1.29, 1.82) is 0 Å². The minimum absolute atomic E-state index is 0.0763. The molecule has 0 aliphatic rings. The van der Waals surface area contributed by atoms with E-state index in [1.165, 1.54) is 0 Å². The van der Waals surface area contributed by atoms with Crippen LogP contribution in [0.15, 0.2) is 22.7 Å². The Balaban J connectivity index is 3.01. The summed E-state index contributed by atoms with van der Waals surface area (Å²) in [6, 6.07) is 5.71. The van der Waals surface area contributed by atoms with Gasteiger partial charge in [-0.2, -0.15) is 0 Å². The summed E-state index contributed by atoms with van der Waals surface area (Å²) in [6.45, 7) is 8.25. The molecule has 1 aromatic carbocycles. The molecule has 1 aromatic rings. The van der Waals surface area contributed by atoms with Gasteiger partial charge in [-0.3, -0.25) is 4.79 Å². The molecule has 0 N–H and O–H groups in total. The molecule has 17 heavy (non-hydrogen) atoms. The van der Waals surface area contributed by atoms with E-state index in [0.29, 0.717) is 0 Å². The highest BCUT2D eigenvalue weighted by atomic mass is 79.9. The van der Waals surface area contributed by atoms with Crippen LogP contribution in [-0.4, -0.2) is 23.4 Å². The van der Waals surface area contributed by atoms with Gasteiger partial charge in [-0.15, -0.1) is 0 Å². The molecule has 0 aliphatic heterocycles. The Kier molecular flexibility index (Phi) is 4.36. The third-order valence-corrected chi connectivity index (χ3v) is 4.37. The number of amides is 1. The summed E-state index contributed by atoms with van der Waals surface area (Å²) in [5.41, 5.74) is 1.71. The summed E-state index contributed by atoms with van der Waals surface area (Å²) in [5.74, 6) is 0.0763. The van der Waals surface area contributed by atoms with Crippen molar-refractivity contribution < 1.29 is 4.79 Å². The molecule has 94 valence electrons. The van der Waals surface area contributed by atoms with Gasteiger partial charge in [0.2, 0.25) is 0 Å². The van der Waals surface area contributed by atoms with Gasteiger partial charge in [-0.05, 0) is 51.0 Å². The Bertz CT molecular complexity index is 426. The van der Waals surface area contributed by atoms with Gasteiger partial charge < -0.3 is 4.90 Å². The summed E-state index contributed by atoms with van der Waals surface area (Å²) in [4.78, 5) is 14.1. The van der Waals surface area contributed by atoms with Gasteiger partial charge in [-0.25, -0.2) is 0 Å². The zero-order valence-corrected chi connectivity index (χ0v) is 12.8. The molecule has 0 aromatic heterocycles. The molecular formula is C14H20BrNO. The van der Waals surface area contributed by atoms with E-state index in [0.717, 1.165) is 22.0 Å². The van der Waals surface area contributed by atoms with Crippen molar-refractivity contribution in [3.63, 3.8) is 0 Å². The molecule has 0 aliphatic carbocycles. The van der Waals surface area contributed by atoms with Crippen LogP contribution in [0.25, 0.3) is 0 Å². The van der Waals surface area contributed by atoms with E-state index in [9.17, 15) is 4.79 Å². The SMILES string of the molecule is CCC(C)(C)N(C)C(=O)c1ccc(Br)c(C)c1. The normalized spacial score (nSPS) is 11.4. The van der Waals surface area contributed by atoms with E-state index < -0.39 is 0 Å². The Morgan fingerprint density at radius 2 is 2.00 bits per heavy atom. The molecule has 0 saturated heterocycles. The highest BCUT2D eigenvalue weighted by molar-refractivity contribution is 9.10. The van der Waals surface area contributed by atoms with Crippen molar-refractivity contribution in [3.05, 3.63) is 33.8 Å². The zero-order chi connectivity index (χ0) is 13.2. The number of carbonyl (C=O) groups is 1. The maximum atomic E-state index is 12.3. The molecule has 0 radical (unpaired) electrons. The second-order valence-electron chi connectivity index (χ2n) is 4.99. The van der Waals surface area contributed by atoms with E-state index in [2.05, 4.69) is 36.7 Å². The van der Waals surface area contributed by atoms with E-state index in [1.54, 1.807) is 0 Å². The number of hydrogen-bond acceptors (Lipinski definition) is 1. The number of hydrogen-bond donors (Lipinski definition) is 0. The van der Waals surface area contributed by atoms with Crippen LogP contribution in [-0.2, 0) is 0 Å². The molecule has 0 fully saturated rings. The Labute approximate surface area is 112 Å². The molecule has 0 spiro atoms. The third-order valence-electron chi connectivity index (χ3n) is 3.48. The highest BCUT2D eigenvalue weighted by Crippen LogP contribution is 2.22. The first kappa shape index (κ1) is 14.2. The van der Waals surface area contributed by atoms with Crippen molar-refractivity contribution in [2.45, 2.75) is 39.7 Å². The van der Waals surface area contributed by atoms with Crippen LogP contribution in [0.2, 0.25) is 0 Å². The summed E-state index contributed by atoms with van der Waals surface area (Å²) in [7, 11) is 1.86. The average molecular weight is 298 g/mol. The number of benzene rings is 1. The van der Waals surface area contributed by atoms with Crippen molar-refractivity contribution >= 4 is 21.8 Å². The molecule has 2 nitrogen and oxygen atoms in total. The van der Waals surface area contributed by atoms with Gasteiger partial charge >= 0.3 is 0 Å². The maximum Gasteiger partial charge on any atom is 0.254 e. The van der Waals surface area contributed by atoms with Crippen molar-refractivity contribution in [3.8, 4) is 0 Å². The molecule has 0 saturated carbocycles. The predicted molar refractivity (Wildman–Crippen MR) is 75.3 cm³/mol. The lowest BCUT2D eigenvalue weighted by molar-refractivity contribution is 0.0620. The molecular weight excluding hydrogens is 278 g/mol. The van der Waals surface area contributed by atoms with Gasteiger partial charge in [0.1, 0.15) is 0 Å². The fourth-order valence-electron chi connectivity index (χ4n) is 1.48. The lowest BCUT2D eigenvalue weighted by Gasteiger charge is -2.35. The number of carbonyl (C=O) groups excluding carboxylic acids is 1. The average Bonchev–Trinajstić information content (AvgIpc) is 2.30. The van der Waals surface area contributed by atoms with E-state index in [-0.39, 0.29) is 11.4 Å². The molecule has 0 bridgehead atoms. The first-order valence-electron chi connectivity index (χ1n) is 5.84. The standard InChI is InChI=1S/C14H20BrNO/c1-6-14(3,4)16(5)13(17)11-7-8-12(15)10(2)9-11/h7-9H,6H2,1-5H3. The van der Waals surface area contributed by atoms with Crippen molar-refractivity contribution in [2.75, 3.05) is 7.05 Å². The Hall–Kier alpha value is -0.830. The largest absolute Gasteiger partial charge is 0.337 e. The van der Waals surface area contributed by atoms with E-state index in [1.807, 2.05) is 37.1 Å². The quantitative estimate of drug-likeness (QED) is 0.825. The second kappa shape index (κ2) is 5.21. The Morgan fingerprint density at radius 1 is 1.41 bits per heavy atom. The first-order valence-corrected chi connectivity index (χ1v) is 6.63. The van der Waals surface area contributed by atoms with Crippen LogP contribution in [0.3, 0.4) is 0 Å². The topological polar surface area (TPSA) is 20.3 Å². The van der Waals surface area contributed by atoms with Crippen LogP contribution in [0.4, 0.5) is 0 Å². The zero-order valence-electron chi connectivity index (χ0n) is 11.2.